The monoisotopic (exact) mass is 614 g/mol. The second kappa shape index (κ2) is 13.6. The normalized spacial score (nSPS) is 13.8. The molecule has 39 heavy (non-hydrogen) atoms. The first-order chi connectivity index (χ1) is 16.7. The number of hydrogen-bond donors (Lipinski definition) is 0. The summed E-state index contributed by atoms with van der Waals surface area (Å²) in [4.78, 5) is 0. The first kappa shape index (κ1) is 39.1. The van der Waals surface area contributed by atoms with Crippen molar-refractivity contribution in [1.29, 1.82) is 0 Å². The third-order valence-electron chi connectivity index (χ3n) is 7.27. The van der Waals surface area contributed by atoms with E-state index in [4.69, 9.17) is 0 Å². The summed E-state index contributed by atoms with van der Waals surface area (Å²) in [5, 5.41) is 1.34. The molecule has 0 amide bonds. The van der Waals surface area contributed by atoms with Crippen molar-refractivity contribution in [3.05, 3.63) is 58.7 Å². The fraction of sp³-hybridized carbons (Fsp3) is 0.722. The van der Waals surface area contributed by atoms with E-state index in [1.165, 1.54) is 12.3 Å². The second-order valence-electron chi connectivity index (χ2n) is 17.3. The Morgan fingerprint density at radius 1 is 0.538 bits per heavy atom. The minimum atomic E-state index is -0.195. The Hall–Kier alpha value is 0.0795. The van der Waals surface area contributed by atoms with Gasteiger partial charge in [0.2, 0.25) is 0 Å². The van der Waals surface area contributed by atoms with E-state index in [0.29, 0.717) is 20.6 Å². The Kier molecular flexibility index (Phi) is 13.6. The summed E-state index contributed by atoms with van der Waals surface area (Å²) in [5.74, 6) is 0. The molecule has 0 aromatic heterocycles. The van der Waals surface area contributed by atoms with Crippen LogP contribution in [0.1, 0.15) is 147 Å². The predicted molar refractivity (Wildman–Crippen MR) is 182 cm³/mol. The van der Waals surface area contributed by atoms with Crippen LogP contribution >= 0.6 is 15.8 Å². The van der Waals surface area contributed by atoms with Gasteiger partial charge in [0.1, 0.15) is 0 Å². The SMILES string of the molecule is CC(C)(C)c1c[c-](CP(C(C)(C)C)C(C)(C)C)c(CP(C(C)(C)C)C(C)(C)C)c1C(C)(C)C.[Fe].[cH-]1[cH-][cH-][cH-][cH-]1. The summed E-state index contributed by atoms with van der Waals surface area (Å²) in [5.41, 5.74) is 6.94. The Morgan fingerprint density at radius 2 is 0.872 bits per heavy atom. The quantitative estimate of drug-likeness (QED) is 0.183. The van der Waals surface area contributed by atoms with Gasteiger partial charge in [0.15, 0.2) is 0 Å². The summed E-state index contributed by atoms with van der Waals surface area (Å²) < 4.78 is 0. The topological polar surface area (TPSA) is 0 Å². The van der Waals surface area contributed by atoms with E-state index in [9.17, 15) is 0 Å². The molecule has 2 aromatic carbocycles. The first-order valence-electron chi connectivity index (χ1n) is 14.7. The van der Waals surface area contributed by atoms with Gasteiger partial charge in [-0.2, -0.15) is 22.8 Å². The first-order valence-corrected chi connectivity index (χ1v) is 17.8. The van der Waals surface area contributed by atoms with Gasteiger partial charge in [0, 0.05) is 17.1 Å². The Labute approximate surface area is 259 Å². The van der Waals surface area contributed by atoms with Gasteiger partial charge < -0.3 is 30.3 Å². The maximum Gasteiger partial charge on any atom is 0 e. The van der Waals surface area contributed by atoms with Crippen molar-refractivity contribution in [3.63, 3.8) is 0 Å². The van der Waals surface area contributed by atoms with Gasteiger partial charge in [-0.05, 0) is 26.8 Å². The smallest absolute Gasteiger partial charge is 0 e. The van der Waals surface area contributed by atoms with Crippen LogP contribution in [0.15, 0.2) is 36.4 Å². The average Bonchev–Trinajstić information content (AvgIpc) is 3.30. The van der Waals surface area contributed by atoms with Crippen molar-refractivity contribution in [1.82, 2.24) is 0 Å². The molecule has 232 valence electrons. The Balaban J connectivity index is 0.00000215. The molecule has 0 bridgehead atoms. The molecule has 0 atom stereocenters. The molecule has 0 saturated carbocycles. The van der Waals surface area contributed by atoms with Crippen LogP contribution in [0.5, 0.6) is 0 Å². The number of rotatable bonds is 4. The molecule has 2 aromatic rings. The zero-order valence-corrected chi connectivity index (χ0v) is 32.0. The van der Waals surface area contributed by atoms with Crippen LogP contribution in [0, 0.1) is 0 Å². The van der Waals surface area contributed by atoms with Crippen LogP contribution < -0.4 is 0 Å². The van der Waals surface area contributed by atoms with Gasteiger partial charge in [-0.25, -0.2) is 0 Å². The zero-order chi connectivity index (χ0) is 30.1. The van der Waals surface area contributed by atoms with E-state index >= 15 is 0 Å². The van der Waals surface area contributed by atoms with Crippen molar-refractivity contribution in [2.24, 2.45) is 0 Å². The summed E-state index contributed by atoms with van der Waals surface area (Å²) in [6.07, 6.45) is 2.49. The van der Waals surface area contributed by atoms with E-state index in [-0.39, 0.29) is 43.7 Å². The van der Waals surface area contributed by atoms with E-state index in [0.717, 1.165) is 0 Å². The third kappa shape index (κ3) is 11.7. The maximum atomic E-state index is 2.65. The van der Waals surface area contributed by atoms with Crippen molar-refractivity contribution < 1.29 is 17.1 Å². The summed E-state index contributed by atoms with van der Waals surface area (Å²) >= 11 is 0. The maximum absolute atomic E-state index is 2.65. The van der Waals surface area contributed by atoms with E-state index in [1.54, 1.807) is 22.3 Å². The van der Waals surface area contributed by atoms with E-state index < -0.39 is 0 Å². The molecular formula is C36H64FeP2-6. The molecule has 0 nitrogen and oxygen atoms in total. The fourth-order valence-electron chi connectivity index (χ4n) is 6.04. The van der Waals surface area contributed by atoms with Gasteiger partial charge in [-0.15, -0.1) is 13.5 Å². The van der Waals surface area contributed by atoms with Crippen molar-refractivity contribution in [3.8, 4) is 0 Å². The molecule has 0 aliphatic heterocycles. The van der Waals surface area contributed by atoms with E-state index in [1.807, 2.05) is 30.3 Å². The van der Waals surface area contributed by atoms with Gasteiger partial charge >= 0.3 is 0 Å². The Bertz CT molecular complexity index is 921. The Morgan fingerprint density at radius 3 is 1.13 bits per heavy atom. The predicted octanol–water partition coefficient (Wildman–Crippen LogP) is 12.6. The van der Waals surface area contributed by atoms with Gasteiger partial charge in [-0.3, -0.25) is 0 Å². The van der Waals surface area contributed by atoms with Crippen LogP contribution in [0.2, 0.25) is 0 Å². The van der Waals surface area contributed by atoms with Crippen molar-refractivity contribution in [2.75, 3.05) is 0 Å². The van der Waals surface area contributed by atoms with Gasteiger partial charge in [0.05, 0.1) is 0 Å². The van der Waals surface area contributed by atoms with Gasteiger partial charge in [-0.1, -0.05) is 150 Å². The largest absolute Gasteiger partial charge is 0.748 e. The molecule has 2 rings (SSSR count). The fourth-order valence-corrected chi connectivity index (χ4v) is 13.3. The van der Waals surface area contributed by atoms with Crippen LogP contribution in [0.4, 0.5) is 0 Å². The van der Waals surface area contributed by atoms with Crippen LogP contribution in [0.3, 0.4) is 0 Å². The number of hydrogen-bond acceptors (Lipinski definition) is 0. The molecule has 3 heteroatoms. The van der Waals surface area contributed by atoms with E-state index in [2.05, 4.69) is 131 Å². The zero-order valence-electron chi connectivity index (χ0n) is 29.1. The second-order valence-corrected chi connectivity index (χ2v) is 25.0. The molecule has 0 radical (unpaired) electrons. The molecule has 0 saturated heterocycles. The molecular weight excluding hydrogens is 550 g/mol. The molecule has 0 N–H and O–H groups in total. The van der Waals surface area contributed by atoms with Gasteiger partial charge in [0.25, 0.3) is 0 Å². The molecule has 0 heterocycles. The minimum Gasteiger partial charge on any atom is -0.748 e. The van der Waals surface area contributed by atoms with Crippen molar-refractivity contribution >= 4 is 15.8 Å². The molecule has 0 aliphatic rings. The minimum absolute atomic E-state index is 0. The summed E-state index contributed by atoms with van der Waals surface area (Å²) in [6.45, 7) is 44.3. The molecule has 0 aliphatic carbocycles. The van der Waals surface area contributed by atoms with Crippen LogP contribution in [0.25, 0.3) is 0 Å². The molecule has 0 fully saturated rings. The average molecular weight is 615 g/mol. The third-order valence-corrected chi connectivity index (χ3v) is 15.0. The van der Waals surface area contributed by atoms with Crippen molar-refractivity contribution in [2.45, 2.75) is 168 Å². The molecule has 0 unspecified atom stereocenters. The summed E-state index contributed by atoms with van der Waals surface area (Å²) in [7, 11) is -0.375. The summed E-state index contributed by atoms with van der Waals surface area (Å²) in [6, 6.07) is 12.7. The van der Waals surface area contributed by atoms with Crippen LogP contribution in [-0.4, -0.2) is 20.6 Å². The molecule has 0 spiro atoms. The van der Waals surface area contributed by atoms with Crippen LogP contribution in [-0.2, 0) is 40.2 Å². The standard InChI is InChI=1S/C31H59P2.C5H5.Fe/c1-26(2,3)24-19-22(20-32(28(7,8)9)29(10,11)12)23(25(24)27(4,5)6)21-33(30(13,14)15)31(16,17)18;1-2-4-5-3-1;/h19H,20-21H2,1-18H3;1-5H;/q-1;-5;.